The van der Waals surface area contributed by atoms with Gasteiger partial charge in [-0.3, -0.25) is 9.48 Å². The van der Waals surface area contributed by atoms with E-state index in [4.69, 9.17) is 5.11 Å². The fraction of sp³-hybridized carbons (Fsp3) is 0.556. The molecule has 0 radical (unpaired) electrons. The van der Waals surface area contributed by atoms with Crippen molar-refractivity contribution in [2.75, 3.05) is 0 Å². The summed E-state index contributed by atoms with van der Waals surface area (Å²) in [4.78, 5) is 10.6. The summed E-state index contributed by atoms with van der Waals surface area (Å²) >= 11 is 0. The molecule has 0 aromatic carbocycles. The zero-order chi connectivity index (χ0) is 10.0. The molecule has 0 aliphatic carbocycles. The molecule has 0 amide bonds. The molecule has 0 atom stereocenters. The maximum Gasteiger partial charge on any atom is 0.309 e. The number of aliphatic carboxylic acids is 1. The first-order valence-corrected chi connectivity index (χ1v) is 4.29. The normalized spacial score (nSPS) is 10.4. The molecule has 0 aliphatic heterocycles. The Balaban J connectivity index is 3.09. The molecule has 1 aromatic heterocycles. The predicted octanol–water partition coefficient (Wildman–Crippen LogP) is 0.918. The van der Waals surface area contributed by atoms with Crippen LogP contribution in [0.5, 0.6) is 0 Å². The molecule has 0 spiro atoms. The van der Waals surface area contributed by atoms with Crippen molar-refractivity contribution in [1.82, 2.24) is 9.78 Å². The van der Waals surface area contributed by atoms with Crippen molar-refractivity contribution in [1.29, 1.82) is 0 Å². The van der Waals surface area contributed by atoms with E-state index in [1.807, 2.05) is 13.8 Å². The minimum absolute atomic E-state index is 0.0561. The van der Waals surface area contributed by atoms with Crippen molar-refractivity contribution in [3.8, 4) is 0 Å². The van der Waals surface area contributed by atoms with Gasteiger partial charge in [-0.2, -0.15) is 5.10 Å². The maximum atomic E-state index is 10.6. The lowest BCUT2D eigenvalue weighted by Gasteiger charge is -2.00. The molecule has 0 fully saturated rings. The Kier molecular flexibility index (Phi) is 2.70. The van der Waals surface area contributed by atoms with E-state index in [0.717, 1.165) is 23.4 Å². The quantitative estimate of drug-likeness (QED) is 0.756. The van der Waals surface area contributed by atoms with E-state index in [2.05, 4.69) is 5.10 Å². The number of carbonyl (C=O) groups is 1. The minimum atomic E-state index is -0.808. The van der Waals surface area contributed by atoms with Crippen molar-refractivity contribution in [3.05, 3.63) is 17.0 Å². The maximum absolute atomic E-state index is 10.6. The number of carboxylic acid groups (broad SMARTS) is 1. The van der Waals surface area contributed by atoms with Gasteiger partial charge in [0.05, 0.1) is 17.8 Å². The first kappa shape index (κ1) is 9.77. The van der Waals surface area contributed by atoms with Crippen LogP contribution in [0.25, 0.3) is 0 Å². The van der Waals surface area contributed by atoms with Crippen LogP contribution in [0.4, 0.5) is 0 Å². The third kappa shape index (κ3) is 1.88. The van der Waals surface area contributed by atoms with Gasteiger partial charge in [-0.05, 0) is 18.9 Å². The largest absolute Gasteiger partial charge is 0.481 e. The summed E-state index contributed by atoms with van der Waals surface area (Å²) in [5.74, 6) is -0.808. The summed E-state index contributed by atoms with van der Waals surface area (Å²) in [5, 5.41) is 12.9. The Hall–Kier alpha value is -1.32. The number of hydrogen-bond acceptors (Lipinski definition) is 2. The molecule has 0 saturated carbocycles. The molecule has 4 nitrogen and oxygen atoms in total. The van der Waals surface area contributed by atoms with Crippen LogP contribution in [0.3, 0.4) is 0 Å². The third-order valence-corrected chi connectivity index (χ3v) is 2.15. The highest BCUT2D eigenvalue weighted by atomic mass is 16.4. The highest BCUT2D eigenvalue weighted by Gasteiger charge is 2.13. The Morgan fingerprint density at radius 1 is 1.62 bits per heavy atom. The third-order valence-electron chi connectivity index (χ3n) is 2.15. The summed E-state index contributed by atoms with van der Waals surface area (Å²) in [7, 11) is 1.78. The van der Waals surface area contributed by atoms with Crippen LogP contribution in [-0.4, -0.2) is 20.9 Å². The molecule has 72 valence electrons. The summed E-state index contributed by atoms with van der Waals surface area (Å²) < 4.78 is 1.66. The van der Waals surface area contributed by atoms with E-state index in [-0.39, 0.29) is 6.42 Å². The number of hydrogen-bond donors (Lipinski definition) is 1. The van der Waals surface area contributed by atoms with Crippen LogP contribution in [0, 0.1) is 6.92 Å². The Morgan fingerprint density at radius 2 is 2.23 bits per heavy atom. The Bertz CT molecular complexity index is 329. The van der Waals surface area contributed by atoms with Crippen LogP contribution in [0.15, 0.2) is 0 Å². The molecular weight excluding hydrogens is 168 g/mol. The van der Waals surface area contributed by atoms with E-state index >= 15 is 0 Å². The molecule has 13 heavy (non-hydrogen) atoms. The summed E-state index contributed by atoms with van der Waals surface area (Å²) in [6.45, 7) is 3.92. The molecule has 1 N–H and O–H groups in total. The SMILES string of the molecule is CCc1c(C)nn(C)c1CC(=O)O. The van der Waals surface area contributed by atoms with Gasteiger partial charge in [-0.25, -0.2) is 0 Å². The topological polar surface area (TPSA) is 55.1 Å². The second-order valence-electron chi connectivity index (χ2n) is 3.06. The predicted molar refractivity (Wildman–Crippen MR) is 48.7 cm³/mol. The molecule has 1 aromatic rings. The number of aromatic nitrogens is 2. The molecule has 0 saturated heterocycles. The highest BCUT2D eigenvalue weighted by Crippen LogP contribution is 2.14. The number of carboxylic acids is 1. The van der Waals surface area contributed by atoms with E-state index < -0.39 is 5.97 Å². The molecular formula is C9H14N2O2. The highest BCUT2D eigenvalue weighted by molar-refractivity contribution is 5.70. The molecule has 4 heteroatoms. The van der Waals surface area contributed by atoms with Crippen LogP contribution in [0.2, 0.25) is 0 Å². The van der Waals surface area contributed by atoms with Crippen LogP contribution >= 0.6 is 0 Å². The second-order valence-corrected chi connectivity index (χ2v) is 3.06. The fourth-order valence-electron chi connectivity index (χ4n) is 1.57. The van der Waals surface area contributed by atoms with E-state index in [9.17, 15) is 4.79 Å². The van der Waals surface area contributed by atoms with Crippen LogP contribution in [-0.2, 0) is 24.7 Å². The summed E-state index contributed by atoms with van der Waals surface area (Å²) in [6, 6.07) is 0. The zero-order valence-corrected chi connectivity index (χ0v) is 8.16. The standard InChI is InChI=1S/C9H14N2O2/c1-4-7-6(2)10-11(3)8(7)5-9(12)13/h4-5H2,1-3H3,(H,12,13). The van der Waals surface area contributed by atoms with Gasteiger partial charge in [0.15, 0.2) is 0 Å². The van der Waals surface area contributed by atoms with Crippen molar-refractivity contribution in [2.24, 2.45) is 7.05 Å². The van der Waals surface area contributed by atoms with Crippen LogP contribution < -0.4 is 0 Å². The van der Waals surface area contributed by atoms with Gasteiger partial charge in [-0.1, -0.05) is 6.92 Å². The molecule has 1 rings (SSSR count). The van der Waals surface area contributed by atoms with Gasteiger partial charge in [0, 0.05) is 7.05 Å². The van der Waals surface area contributed by atoms with Gasteiger partial charge in [0.1, 0.15) is 0 Å². The number of rotatable bonds is 3. The Labute approximate surface area is 77.2 Å². The van der Waals surface area contributed by atoms with Crippen molar-refractivity contribution < 1.29 is 9.90 Å². The van der Waals surface area contributed by atoms with Gasteiger partial charge in [0.25, 0.3) is 0 Å². The summed E-state index contributed by atoms with van der Waals surface area (Å²) in [5.41, 5.74) is 2.80. The first-order chi connectivity index (χ1) is 6.06. The average Bonchev–Trinajstić information content (AvgIpc) is 2.26. The Morgan fingerprint density at radius 3 is 2.69 bits per heavy atom. The van der Waals surface area contributed by atoms with Crippen LogP contribution in [0.1, 0.15) is 23.9 Å². The van der Waals surface area contributed by atoms with E-state index in [1.54, 1.807) is 11.7 Å². The number of nitrogens with zero attached hydrogens (tertiary/aromatic N) is 2. The molecule has 0 bridgehead atoms. The second kappa shape index (κ2) is 3.60. The molecule has 0 aliphatic rings. The lowest BCUT2D eigenvalue weighted by atomic mass is 10.1. The average molecular weight is 182 g/mol. The van der Waals surface area contributed by atoms with Gasteiger partial charge in [-0.15, -0.1) is 0 Å². The van der Waals surface area contributed by atoms with Gasteiger partial charge < -0.3 is 5.11 Å². The summed E-state index contributed by atoms with van der Waals surface area (Å²) in [6.07, 6.45) is 0.892. The number of aryl methyl sites for hydroxylation is 2. The molecule has 1 heterocycles. The molecule has 0 unspecified atom stereocenters. The van der Waals surface area contributed by atoms with Gasteiger partial charge >= 0.3 is 5.97 Å². The van der Waals surface area contributed by atoms with Crippen molar-refractivity contribution in [2.45, 2.75) is 26.7 Å². The van der Waals surface area contributed by atoms with E-state index in [0.29, 0.717) is 0 Å². The first-order valence-electron chi connectivity index (χ1n) is 4.29. The van der Waals surface area contributed by atoms with E-state index in [1.165, 1.54) is 0 Å². The lowest BCUT2D eigenvalue weighted by Crippen LogP contribution is -2.07. The zero-order valence-electron chi connectivity index (χ0n) is 8.16. The van der Waals surface area contributed by atoms with Gasteiger partial charge in [0.2, 0.25) is 0 Å². The monoisotopic (exact) mass is 182 g/mol. The smallest absolute Gasteiger partial charge is 0.309 e. The lowest BCUT2D eigenvalue weighted by molar-refractivity contribution is -0.136. The van der Waals surface area contributed by atoms with Crippen molar-refractivity contribution in [3.63, 3.8) is 0 Å². The fourth-order valence-corrected chi connectivity index (χ4v) is 1.57. The minimum Gasteiger partial charge on any atom is -0.481 e. The van der Waals surface area contributed by atoms with Crippen molar-refractivity contribution >= 4 is 5.97 Å².